The van der Waals surface area contributed by atoms with Crippen molar-refractivity contribution in [3.63, 3.8) is 0 Å². The van der Waals surface area contributed by atoms with E-state index >= 15 is 0 Å². The molecule has 1 aromatic carbocycles. The van der Waals surface area contributed by atoms with Gasteiger partial charge in [0.05, 0.1) is 5.75 Å². The van der Waals surface area contributed by atoms with Gasteiger partial charge in [-0.1, -0.05) is 29.8 Å². The van der Waals surface area contributed by atoms with Crippen molar-refractivity contribution in [3.05, 3.63) is 35.4 Å². The van der Waals surface area contributed by atoms with E-state index in [0.29, 0.717) is 5.56 Å². The summed E-state index contributed by atoms with van der Waals surface area (Å²) in [6.45, 7) is 1.93. The lowest BCUT2D eigenvalue weighted by molar-refractivity contribution is 0.478. The van der Waals surface area contributed by atoms with Gasteiger partial charge in [-0.2, -0.15) is 8.42 Å². The van der Waals surface area contributed by atoms with Gasteiger partial charge in [0.15, 0.2) is 0 Å². The molecule has 0 bridgehead atoms. The standard InChI is InChI=1S/C9H13NO3S/c1-7-2-4-8(5-3-7)9(10)6-14(11,12)13/h2-5,9H,6,10H2,1H3,(H,11,12,13). The van der Waals surface area contributed by atoms with E-state index < -0.39 is 21.9 Å². The number of nitrogens with two attached hydrogens (primary N) is 1. The number of benzene rings is 1. The predicted molar refractivity (Wildman–Crippen MR) is 54.5 cm³/mol. The Kier molecular flexibility index (Phi) is 3.25. The fourth-order valence-electron chi connectivity index (χ4n) is 1.14. The van der Waals surface area contributed by atoms with Gasteiger partial charge in [-0.3, -0.25) is 4.55 Å². The minimum Gasteiger partial charge on any atom is -0.323 e. The van der Waals surface area contributed by atoms with Crippen LogP contribution >= 0.6 is 0 Å². The van der Waals surface area contributed by atoms with E-state index in [2.05, 4.69) is 0 Å². The van der Waals surface area contributed by atoms with Crippen molar-refractivity contribution >= 4 is 10.1 Å². The van der Waals surface area contributed by atoms with Gasteiger partial charge in [0.25, 0.3) is 10.1 Å². The maximum Gasteiger partial charge on any atom is 0.266 e. The lowest BCUT2D eigenvalue weighted by Gasteiger charge is -2.09. The van der Waals surface area contributed by atoms with Crippen molar-refractivity contribution < 1.29 is 13.0 Å². The first-order valence-electron chi connectivity index (χ1n) is 4.16. The first-order valence-corrected chi connectivity index (χ1v) is 5.77. The topological polar surface area (TPSA) is 80.4 Å². The van der Waals surface area contributed by atoms with Crippen LogP contribution in [0.4, 0.5) is 0 Å². The molecule has 0 aliphatic carbocycles. The molecule has 0 heterocycles. The molecule has 78 valence electrons. The summed E-state index contributed by atoms with van der Waals surface area (Å²) >= 11 is 0. The minimum atomic E-state index is -4.01. The van der Waals surface area contributed by atoms with Crippen molar-refractivity contribution in [1.29, 1.82) is 0 Å². The SMILES string of the molecule is Cc1ccc(C(N)CS(=O)(=O)O)cc1. The van der Waals surface area contributed by atoms with Crippen LogP contribution in [0.15, 0.2) is 24.3 Å². The van der Waals surface area contributed by atoms with Gasteiger partial charge < -0.3 is 5.73 Å². The zero-order valence-corrected chi connectivity index (χ0v) is 8.66. The normalized spacial score (nSPS) is 13.9. The van der Waals surface area contributed by atoms with Gasteiger partial charge in [-0.05, 0) is 12.5 Å². The number of aryl methyl sites for hydroxylation is 1. The fraction of sp³-hybridized carbons (Fsp3) is 0.333. The Bertz CT molecular complexity index is 397. The molecule has 0 spiro atoms. The van der Waals surface area contributed by atoms with Crippen LogP contribution in [0, 0.1) is 6.92 Å². The Morgan fingerprint density at radius 3 is 2.29 bits per heavy atom. The number of rotatable bonds is 3. The van der Waals surface area contributed by atoms with Gasteiger partial charge in [-0.15, -0.1) is 0 Å². The summed E-state index contributed by atoms with van der Waals surface area (Å²) in [5.74, 6) is -0.448. The largest absolute Gasteiger partial charge is 0.323 e. The molecule has 0 aliphatic rings. The van der Waals surface area contributed by atoms with E-state index in [1.54, 1.807) is 12.1 Å². The molecule has 0 fully saturated rings. The van der Waals surface area contributed by atoms with Gasteiger partial charge in [0, 0.05) is 6.04 Å². The molecule has 4 nitrogen and oxygen atoms in total. The molecule has 1 rings (SSSR count). The first-order chi connectivity index (χ1) is 6.38. The molecule has 1 unspecified atom stereocenters. The Morgan fingerprint density at radius 2 is 1.86 bits per heavy atom. The van der Waals surface area contributed by atoms with E-state index in [1.807, 2.05) is 19.1 Å². The highest BCUT2D eigenvalue weighted by Crippen LogP contribution is 2.12. The Labute approximate surface area is 83.5 Å². The van der Waals surface area contributed by atoms with Crippen molar-refractivity contribution in [2.24, 2.45) is 5.73 Å². The molecule has 3 N–H and O–H groups in total. The Balaban J connectivity index is 2.80. The van der Waals surface area contributed by atoms with E-state index in [-0.39, 0.29) is 0 Å². The van der Waals surface area contributed by atoms with Crippen LogP contribution in [0.5, 0.6) is 0 Å². The highest BCUT2D eigenvalue weighted by molar-refractivity contribution is 7.85. The summed E-state index contributed by atoms with van der Waals surface area (Å²) < 4.78 is 29.7. The van der Waals surface area contributed by atoms with Crippen LogP contribution in [-0.2, 0) is 10.1 Å². The van der Waals surface area contributed by atoms with Crippen LogP contribution in [0.3, 0.4) is 0 Å². The maximum atomic E-state index is 10.6. The molecule has 0 saturated carbocycles. The molecule has 0 radical (unpaired) electrons. The highest BCUT2D eigenvalue weighted by Gasteiger charge is 2.14. The Morgan fingerprint density at radius 1 is 1.36 bits per heavy atom. The lowest BCUT2D eigenvalue weighted by atomic mass is 10.1. The van der Waals surface area contributed by atoms with Crippen molar-refractivity contribution in [2.75, 3.05) is 5.75 Å². The second kappa shape index (κ2) is 4.08. The minimum absolute atomic E-state index is 0.448. The monoisotopic (exact) mass is 215 g/mol. The van der Waals surface area contributed by atoms with Crippen LogP contribution in [0.2, 0.25) is 0 Å². The average molecular weight is 215 g/mol. The highest BCUT2D eigenvalue weighted by atomic mass is 32.2. The van der Waals surface area contributed by atoms with Gasteiger partial charge in [0.2, 0.25) is 0 Å². The molecule has 1 atom stereocenters. The lowest BCUT2D eigenvalue weighted by Crippen LogP contribution is -2.21. The average Bonchev–Trinajstić information content (AvgIpc) is 2.02. The molecule has 0 amide bonds. The van der Waals surface area contributed by atoms with Crippen LogP contribution < -0.4 is 5.73 Å². The molecule has 0 aromatic heterocycles. The van der Waals surface area contributed by atoms with Gasteiger partial charge in [0.1, 0.15) is 0 Å². The van der Waals surface area contributed by atoms with Gasteiger partial charge in [-0.25, -0.2) is 0 Å². The molecular weight excluding hydrogens is 202 g/mol. The first kappa shape index (κ1) is 11.2. The molecule has 1 aromatic rings. The van der Waals surface area contributed by atoms with E-state index in [9.17, 15) is 8.42 Å². The fourth-order valence-corrected chi connectivity index (χ4v) is 1.78. The van der Waals surface area contributed by atoms with E-state index in [0.717, 1.165) is 5.56 Å². The molecule has 0 aliphatic heterocycles. The summed E-state index contributed by atoms with van der Waals surface area (Å²) in [7, 11) is -4.01. The van der Waals surface area contributed by atoms with Crippen LogP contribution in [-0.4, -0.2) is 18.7 Å². The van der Waals surface area contributed by atoms with E-state index in [4.69, 9.17) is 10.3 Å². The third-order valence-electron chi connectivity index (χ3n) is 1.90. The van der Waals surface area contributed by atoms with Crippen molar-refractivity contribution in [3.8, 4) is 0 Å². The molecular formula is C9H13NO3S. The van der Waals surface area contributed by atoms with Crippen molar-refractivity contribution in [2.45, 2.75) is 13.0 Å². The quantitative estimate of drug-likeness (QED) is 0.733. The summed E-state index contributed by atoms with van der Waals surface area (Å²) in [6, 6.07) is 6.53. The summed E-state index contributed by atoms with van der Waals surface area (Å²) in [5, 5.41) is 0. The van der Waals surface area contributed by atoms with Crippen molar-refractivity contribution in [1.82, 2.24) is 0 Å². The zero-order valence-electron chi connectivity index (χ0n) is 7.84. The van der Waals surface area contributed by atoms with E-state index in [1.165, 1.54) is 0 Å². The van der Waals surface area contributed by atoms with Crippen LogP contribution in [0.1, 0.15) is 17.2 Å². The summed E-state index contributed by atoms with van der Waals surface area (Å²) in [6.07, 6.45) is 0. The van der Waals surface area contributed by atoms with Crippen LogP contribution in [0.25, 0.3) is 0 Å². The third kappa shape index (κ3) is 3.45. The summed E-state index contributed by atoms with van der Waals surface area (Å²) in [4.78, 5) is 0. The summed E-state index contributed by atoms with van der Waals surface area (Å²) in [5.41, 5.74) is 7.37. The molecule has 14 heavy (non-hydrogen) atoms. The molecule has 0 saturated heterocycles. The third-order valence-corrected chi connectivity index (χ3v) is 2.68. The number of hydrogen-bond donors (Lipinski definition) is 2. The number of hydrogen-bond acceptors (Lipinski definition) is 3. The second-order valence-corrected chi connectivity index (χ2v) is 4.76. The Hall–Kier alpha value is -0.910. The maximum absolute atomic E-state index is 10.6. The zero-order chi connectivity index (χ0) is 10.8. The molecule has 5 heteroatoms. The second-order valence-electron chi connectivity index (χ2n) is 3.27. The smallest absolute Gasteiger partial charge is 0.266 e. The van der Waals surface area contributed by atoms with Gasteiger partial charge >= 0.3 is 0 Å². The predicted octanol–water partition coefficient (Wildman–Crippen LogP) is 0.883.